The highest BCUT2D eigenvalue weighted by molar-refractivity contribution is 7.98. The molecule has 0 fully saturated rings. The van der Waals surface area contributed by atoms with Gasteiger partial charge in [0.2, 0.25) is 5.89 Å². The van der Waals surface area contributed by atoms with E-state index in [1.165, 1.54) is 23.9 Å². The molecular weight excluding hydrogens is 387 g/mol. The Morgan fingerprint density at radius 1 is 1.04 bits per heavy atom. The highest BCUT2D eigenvalue weighted by Crippen LogP contribution is 2.27. The molecular formula is C19H14ClFN4OS. The average molecular weight is 401 g/mol. The Balaban J connectivity index is 1.46. The van der Waals surface area contributed by atoms with Crippen molar-refractivity contribution in [1.29, 1.82) is 0 Å². The van der Waals surface area contributed by atoms with Gasteiger partial charge in [-0.25, -0.2) is 9.37 Å². The Morgan fingerprint density at radius 3 is 2.48 bits per heavy atom. The number of benzene rings is 2. The van der Waals surface area contributed by atoms with Crippen LogP contribution in [0.3, 0.4) is 0 Å². The van der Waals surface area contributed by atoms with Crippen LogP contribution in [0, 0.1) is 5.82 Å². The van der Waals surface area contributed by atoms with E-state index in [1.54, 1.807) is 18.4 Å². The molecule has 2 aromatic heterocycles. The Bertz CT molecular complexity index is 1060. The monoisotopic (exact) mass is 400 g/mol. The lowest BCUT2D eigenvalue weighted by atomic mass is 10.2. The van der Waals surface area contributed by atoms with Gasteiger partial charge in [0.15, 0.2) is 11.0 Å². The van der Waals surface area contributed by atoms with Crippen LogP contribution in [-0.4, -0.2) is 19.7 Å². The maximum atomic E-state index is 13.0. The SMILES string of the molecule is Cn1c(SCc2coc(-c3ccc(F)cc3)n2)nnc1-c1ccc(Cl)cc1. The van der Waals surface area contributed by atoms with Crippen LogP contribution in [0.2, 0.25) is 5.02 Å². The summed E-state index contributed by atoms with van der Waals surface area (Å²) in [4.78, 5) is 4.45. The zero-order chi connectivity index (χ0) is 18.8. The molecule has 8 heteroatoms. The fourth-order valence-electron chi connectivity index (χ4n) is 2.53. The number of halogens is 2. The minimum Gasteiger partial charge on any atom is -0.444 e. The number of nitrogens with zero attached hydrogens (tertiary/aromatic N) is 4. The van der Waals surface area contributed by atoms with Crippen molar-refractivity contribution in [2.45, 2.75) is 10.9 Å². The fourth-order valence-corrected chi connectivity index (χ4v) is 3.44. The normalized spacial score (nSPS) is 11.1. The quantitative estimate of drug-likeness (QED) is 0.430. The molecule has 5 nitrogen and oxygen atoms in total. The molecule has 0 unspecified atom stereocenters. The summed E-state index contributed by atoms with van der Waals surface area (Å²) in [5.74, 6) is 1.52. The van der Waals surface area contributed by atoms with Crippen molar-refractivity contribution in [3.8, 4) is 22.8 Å². The first kappa shape index (κ1) is 17.8. The van der Waals surface area contributed by atoms with Crippen LogP contribution in [0.1, 0.15) is 5.69 Å². The van der Waals surface area contributed by atoms with Crippen molar-refractivity contribution in [2.75, 3.05) is 0 Å². The molecule has 0 saturated carbocycles. The Hall–Kier alpha value is -2.64. The predicted octanol–water partition coefficient (Wildman–Crippen LogP) is 5.22. The Kier molecular flexibility index (Phi) is 4.96. The third-order valence-electron chi connectivity index (χ3n) is 3.93. The molecule has 0 amide bonds. The third kappa shape index (κ3) is 3.89. The van der Waals surface area contributed by atoms with E-state index < -0.39 is 0 Å². The van der Waals surface area contributed by atoms with Crippen LogP contribution in [-0.2, 0) is 12.8 Å². The smallest absolute Gasteiger partial charge is 0.226 e. The van der Waals surface area contributed by atoms with Crippen molar-refractivity contribution in [3.63, 3.8) is 0 Å². The van der Waals surface area contributed by atoms with Gasteiger partial charge in [0.25, 0.3) is 0 Å². The summed E-state index contributed by atoms with van der Waals surface area (Å²) >= 11 is 7.44. The molecule has 0 radical (unpaired) electrons. The van der Waals surface area contributed by atoms with Gasteiger partial charge >= 0.3 is 0 Å². The maximum Gasteiger partial charge on any atom is 0.226 e. The van der Waals surface area contributed by atoms with Gasteiger partial charge in [0, 0.05) is 29.0 Å². The summed E-state index contributed by atoms with van der Waals surface area (Å²) in [5, 5.41) is 9.95. The molecule has 0 N–H and O–H groups in total. The van der Waals surface area contributed by atoms with Crippen molar-refractivity contribution >= 4 is 23.4 Å². The molecule has 0 aliphatic rings. The van der Waals surface area contributed by atoms with E-state index in [4.69, 9.17) is 16.0 Å². The molecule has 0 spiro atoms. The number of rotatable bonds is 5. The molecule has 0 atom stereocenters. The number of hydrogen-bond donors (Lipinski definition) is 0. The molecule has 136 valence electrons. The molecule has 4 aromatic rings. The summed E-state index contributed by atoms with van der Waals surface area (Å²) in [6, 6.07) is 13.5. The lowest BCUT2D eigenvalue weighted by Gasteiger charge is -2.03. The number of oxazole rings is 1. The average Bonchev–Trinajstić information content (AvgIpc) is 3.28. The second-order valence-corrected chi connectivity index (χ2v) is 7.19. The Morgan fingerprint density at radius 2 is 1.74 bits per heavy atom. The molecule has 4 rings (SSSR count). The lowest BCUT2D eigenvalue weighted by Crippen LogP contribution is -1.95. The number of aromatic nitrogens is 4. The highest BCUT2D eigenvalue weighted by atomic mass is 35.5. The lowest BCUT2D eigenvalue weighted by molar-refractivity contribution is 0.572. The van der Waals surface area contributed by atoms with Crippen LogP contribution in [0.4, 0.5) is 4.39 Å². The fraction of sp³-hybridized carbons (Fsp3) is 0.105. The summed E-state index contributed by atoms with van der Waals surface area (Å²) in [5.41, 5.74) is 2.45. The summed E-state index contributed by atoms with van der Waals surface area (Å²) < 4.78 is 20.4. The third-order valence-corrected chi connectivity index (χ3v) is 5.24. The zero-order valence-electron chi connectivity index (χ0n) is 14.3. The summed E-state index contributed by atoms with van der Waals surface area (Å²) in [7, 11) is 1.92. The first-order chi connectivity index (χ1) is 13.1. The van der Waals surface area contributed by atoms with Crippen molar-refractivity contribution in [1.82, 2.24) is 19.7 Å². The standard InChI is InChI=1S/C19H14ClFN4OS/c1-25-17(12-2-6-14(20)7-3-12)23-24-19(25)27-11-16-10-26-18(22-16)13-4-8-15(21)9-5-13/h2-10H,11H2,1H3. The van der Waals surface area contributed by atoms with E-state index in [2.05, 4.69) is 15.2 Å². The van der Waals surface area contributed by atoms with E-state index in [0.29, 0.717) is 16.7 Å². The minimum atomic E-state index is -0.292. The van der Waals surface area contributed by atoms with Crippen LogP contribution in [0.5, 0.6) is 0 Å². The largest absolute Gasteiger partial charge is 0.444 e. The van der Waals surface area contributed by atoms with Crippen LogP contribution >= 0.6 is 23.4 Å². The molecule has 0 aliphatic carbocycles. The van der Waals surface area contributed by atoms with Gasteiger partial charge in [-0.2, -0.15) is 0 Å². The topological polar surface area (TPSA) is 56.7 Å². The molecule has 0 bridgehead atoms. The van der Waals surface area contributed by atoms with Gasteiger partial charge in [-0.15, -0.1) is 10.2 Å². The van der Waals surface area contributed by atoms with Gasteiger partial charge in [0.05, 0.1) is 5.69 Å². The van der Waals surface area contributed by atoms with E-state index in [-0.39, 0.29) is 5.82 Å². The van der Waals surface area contributed by atoms with E-state index >= 15 is 0 Å². The van der Waals surface area contributed by atoms with Gasteiger partial charge in [-0.1, -0.05) is 23.4 Å². The summed E-state index contributed by atoms with van der Waals surface area (Å²) in [6.07, 6.45) is 1.60. The van der Waals surface area contributed by atoms with Crippen LogP contribution < -0.4 is 0 Å². The van der Waals surface area contributed by atoms with Gasteiger partial charge < -0.3 is 8.98 Å². The number of hydrogen-bond acceptors (Lipinski definition) is 5. The van der Waals surface area contributed by atoms with Gasteiger partial charge in [-0.05, 0) is 48.5 Å². The zero-order valence-corrected chi connectivity index (χ0v) is 15.8. The summed E-state index contributed by atoms with van der Waals surface area (Å²) in [6.45, 7) is 0. The van der Waals surface area contributed by atoms with Crippen LogP contribution in [0.15, 0.2) is 64.4 Å². The predicted molar refractivity (Wildman–Crippen MR) is 103 cm³/mol. The van der Waals surface area contributed by atoms with E-state index in [0.717, 1.165) is 27.8 Å². The second kappa shape index (κ2) is 7.54. The van der Waals surface area contributed by atoms with Gasteiger partial charge in [-0.3, -0.25) is 0 Å². The van der Waals surface area contributed by atoms with E-state index in [1.807, 2.05) is 35.9 Å². The first-order valence-electron chi connectivity index (χ1n) is 8.08. The van der Waals surface area contributed by atoms with Crippen molar-refractivity contribution in [3.05, 3.63) is 71.3 Å². The number of thioether (sulfide) groups is 1. The minimum absolute atomic E-state index is 0.292. The van der Waals surface area contributed by atoms with E-state index in [9.17, 15) is 4.39 Å². The van der Waals surface area contributed by atoms with Crippen molar-refractivity contribution < 1.29 is 8.81 Å². The molecule has 0 aliphatic heterocycles. The molecule has 27 heavy (non-hydrogen) atoms. The van der Waals surface area contributed by atoms with Crippen LogP contribution in [0.25, 0.3) is 22.8 Å². The maximum absolute atomic E-state index is 13.0. The molecule has 2 aromatic carbocycles. The molecule has 2 heterocycles. The second-order valence-electron chi connectivity index (χ2n) is 5.81. The van der Waals surface area contributed by atoms with Crippen molar-refractivity contribution in [2.24, 2.45) is 7.05 Å². The highest BCUT2D eigenvalue weighted by Gasteiger charge is 2.13. The van der Waals surface area contributed by atoms with Gasteiger partial charge in [0.1, 0.15) is 12.1 Å². The Labute approximate surface area is 164 Å². The first-order valence-corrected chi connectivity index (χ1v) is 9.45. The molecule has 0 saturated heterocycles.